The molecule has 0 N–H and O–H groups in total. The summed E-state index contributed by atoms with van der Waals surface area (Å²) in [5.41, 5.74) is 0.777. The Hall–Kier alpha value is -2.22. The van der Waals surface area contributed by atoms with Crippen molar-refractivity contribution in [2.24, 2.45) is 0 Å². The number of hydrogen-bond acceptors (Lipinski definition) is 6. The van der Waals surface area contributed by atoms with Crippen LogP contribution in [0, 0.1) is 6.92 Å². The summed E-state index contributed by atoms with van der Waals surface area (Å²) in [4.78, 5) is 18.2. The number of aromatic nitrogens is 4. The molecule has 0 saturated carbocycles. The van der Waals surface area contributed by atoms with Crippen LogP contribution in [0.25, 0.3) is 5.65 Å². The minimum atomic E-state index is 0.269. The Morgan fingerprint density at radius 2 is 2.08 bits per heavy atom. The molecule has 0 aliphatic carbocycles. The van der Waals surface area contributed by atoms with Crippen molar-refractivity contribution >= 4 is 17.4 Å². The summed E-state index contributed by atoms with van der Waals surface area (Å²) in [6.07, 6.45) is 1.66. The van der Waals surface area contributed by atoms with E-state index in [1.54, 1.807) is 4.52 Å². The zero-order valence-corrected chi connectivity index (χ0v) is 14.4. The summed E-state index contributed by atoms with van der Waals surface area (Å²) in [7, 11) is 4.07. The van der Waals surface area contributed by atoms with Crippen LogP contribution >= 0.6 is 0 Å². The number of hydrogen-bond donors (Lipinski definition) is 0. The van der Waals surface area contributed by atoms with Crippen molar-refractivity contribution in [3.8, 4) is 0 Å². The minimum absolute atomic E-state index is 0.269. The fourth-order valence-corrected chi connectivity index (χ4v) is 3.54. The van der Waals surface area contributed by atoms with E-state index in [1.165, 1.54) is 0 Å². The van der Waals surface area contributed by atoms with Crippen LogP contribution in [0.3, 0.4) is 0 Å². The molecule has 8 nitrogen and oxygen atoms in total. The first-order valence-electron chi connectivity index (χ1n) is 8.43. The van der Waals surface area contributed by atoms with Crippen LogP contribution in [0.5, 0.6) is 0 Å². The first-order valence-corrected chi connectivity index (χ1v) is 8.43. The largest absolute Gasteiger partial charge is 0.352 e. The number of carbonyl (C=O) groups excluding carboxylic acids is 1. The molecular weight excluding hydrogens is 306 g/mol. The van der Waals surface area contributed by atoms with Gasteiger partial charge in [0.2, 0.25) is 5.91 Å². The van der Waals surface area contributed by atoms with Crippen molar-refractivity contribution in [1.29, 1.82) is 0 Å². The normalized spacial score (nSPS) is 22.0. The Balaban J connectivity index is 1.36. The summed E-state index contributed by atoms with van der Waals surface area (Å²) >= 11 is 0. The molecule has 0 bridgehead atoms. The van der Waals surface area contributed by atoms with Crippen LogP contribution < -0.4 is 4.90 Å². The van der Waals surface area contributed by atoms with Crippen LogP contribution in [0.15, 0.2) is 12.1 Å². The van der Waals surface area contributed by atoms with Crippen molar-refractivity contribution in [2.75, 3.05) is 38.6 Å². The van der Waals surface area contributed by atoms with Gasteiger partial charge in [0.25, 0.3) is 0 Å². The number of rotatable bonds is 4. The summed E-state index contributed by atoms with van der Waals surface area (Å²) in [5.74, 6) is 2.03. The summed E-state index contributed by atoms with van der Waals surface area (Å²) < 4.78 is 1.78. The van der Waals surface area contributed by atoms with Crippen LogP contribution in [-0.4, -0.2) is 81.3 Å². The zero-order chi connectivity index (χ0) is 16.8. The van der Waals surface area contributed by atoms with Crippen molar-refractivity contribution in [2.45, 2.75) is 31.8 Å². The molecule has 2 saturated heterocycles. The van der Waals surface area contributed by atoms with Gasteiger partial charge >= 0.3 is 0 Å². The van der Waals surface area contributed by atoms with Gasteiger partial charge in [0.1, 0.15) is 5.82 Å². The van der Waals surface area contributed by atoms with Crippen molar-refractivity contribution < 1.29 is 4.79 Å². The molecule has 4 heterocycles. The lowest BCUT2D eigenvalue weighted by Gasteiger charge is -2.45. The molecule has 24 heavy (non-hydrogen) atoms. The number of likely N-dealkylation sites (tertiary alicyclic amines) is 1. The lowest BCUT2D eigenvalue weighted by molar-refractivity contribution is -0.127. The van der Waals surface area contributed by atoms with E-state index in [0.29, 0.717) is 18.5 Å². The number of amides is 1. The molecule has 2 aliphatic rings. The van der Waals surface area contributed by atoms with Crippen LogP contribution in [0.4, 0.5) is 5.82 Å². The van der Waals surface area contributed by atoms with Gasteiger partial charge in [0.05, 0.1) is 0 Å². The van der Waals surface area contributed by atoms with E-state index in [1.807, 2.05) is 31.0 Å². The predicted octanol–water partition coefficient (Wildman–Crippen LogP) is 0.174. The molecule has 1 amide bonds. The molecule has 1 atom stereocenters. The fourth-order valence-electron chi connectivity index (χ4n) is 3.54. The third kappa shape index (κ3) is 2.50. The number of carbonyl (C=O) groups is 1. The van der Waals surface area contributed by atoms with Gasteiger partial charge in [-0.25, -0.2) is 0 Å². The Morgan fingerprint density at radius 1 is 1.29 bits per heavy atom. The van der Waals surface area contributed by atoms with Crippen molar-refractivity contribution in [3.05, 3.63) is 18.0 Å². The van der Waals surface area contributed by atoms with Crippen molar-refractivity contribution in [1.82, 2.24) is 29.6 Å². The summed E-state index contributed by atoms with van der Waals surface area (Å²) in [6.45, 7) is 4.77. The highest BCUT2D eigenvalue weighted by molar-refractivity contribution is 5.78. The highest BCUT2D eigenvalue weighted by Crippen LogP contribution is 2.24. The maximum Gasteiger partial charge on any atom is 0.222 e. The first kappa shape index (κ1) is 15.3. The first-order chi connectivity index (χ1) is 11.5. The molecule has 2 aromatic rings. The Kier molecular flexibility index (Phi) is 3.64. The Bertz CT molecular complexity index is 767. The lowest BCUT2D eigenvalue weighted by Crippen LogP contribution is -2.60. The Morgan fingerprint density at radius 3 is 2.79 bits per heavy atom. The molecule has 1 unspecified atom stereocenters. The van der Waals surface area contributed by atoms with Gasteiger partial charge in [-0.05, 0) is 32.5 Å². The maximum atomic E-state index is 11.6. The lowest BCUT2D eigenvalue weighted by atomic mass is 10.1. The average Bonchev–Trinajstić information content (AvgIpc) is 3.04. The smallest absolute Gasteiger partial charge is 0.222 e. The average molecular weight is 329 g/mol. The van der Waals surface area contributed by atoms with Gasteiger partial charge in [-0.3, -0.25) is 9.69 Å². The summed E-state index contributed by atoms with van der Waals surface area (Å²) in [6, 6.07) is 4.82. The van der Waals surface area contributed by atoms with E-state index in [2.05, 4.69) is 32.1 Å². The van der Waals surface area contributed by atoms with Gasteiger partial charge in [0.15, 0.2) is 11.5 Å². The van der Waals surface area contributed by atoms with Crippen LogP contribution in [-0.2, 0) is 4.79 Å². The van der Waals surface area contributed by atoms with Crippen LogP contribution in [0.2, 0.25) is 0 Å². The molecule has 8 heteroatoms. The number of aryl methyl sites for hydroxylation is 1. The van der Waals surface area contributed by atoms with Crippen molar-refractivity contribution in [3.63, 3.8) is 0 Å². The molecular formula is C16H23N7O. The molecule has 0 aromatic carbocycles. The molecule has 2 fully saturated rings. The van der Waals surface area contributed by atoms with E-state index in [9.17, 15) is 4.79 Å². The fraction of sp³-hybridized carbons (Fsp3) is 0.625. The summed E-state index contributed by atoms with van der Waals surface area (Å²) in [5, 5.41) is 12.7. The second-order valence-corrected chi connectivity index (χ2v) is 6.90. The second kappa shape index (κ2) is 5.70. The maximum absolute atomic E-state index is 11.6. The standard InChI is InChI=1S/C16H23N7O/c1-11-17-18-14-5-6-15(19-23(11)14)22-9-13(10-22)20(2)8-12-4-7-16(24)21(12)3/h5-6,12-13H,4,7-10H2,1-3H3. The molecule has 0 radical (unpaired) electrons. The highest BCUT2D eigenvalue weighted by Gasteiger charge is 2.35. The third-order valence-electron chi connectivity index (χ3n) is 5.35. The van der Waals surface area contributed by atoms with E-state index in [-0.39, 0.29) is 5.91 Å². The monoisotopic (exact) mass is 329 g/mol. The molecule has 4 rings (SSSR count). The second-order valence-electron chi connectivity index (χ2n) is 6.90. The van der Waals surface area contributed by atoms with Gasteiger partial charge in [-0.1, -0.05) is 0 Å². The Labute approximate surface area is 141 Å². The highest BCUT2D eigenvalue weighted by atomic mass is 16.2. The molecule has 0 spiro atoms. The topological polar surface area (TPSA) is 69.9 Å². The van der Waals surface area contributed by atoms with E-state index in [4.69, 9.17) is 0 Å². The molecule has 2 aromatic heterocycles. The number of nitrogens with zero attached hydrogens (tertiary/aromatic N) is 7. The van der Waals surface area contributed by atoms with E-state index >= 15 is 0 Å². The van der Waals surface area contributed by atoms with Gasteiger partial charge in [-0.2, -0.15) is 4.52 Å². The predicted molar refractivity (Wildman–Crippen MR) is 89.9 cm³/mol. The third-order valence-corrected chi connectivity index (χ3v) is 5.35. The zero-order valence-electron chi connectivity index (χ0n) is 14.4. The van der Waals surface area contributed by atoms with Crippen LogP contribution in [0.1, 0.15) is 18.7 Å². The molecule has 128 valence electrons. The van der Waals surface area contributed by atoms with E-state index < -0.39 is 0 Å². The molecule has 2 aliphatic heterocycles. The minimum Gasteiger partial charge on any atom is -0.352 e. The van der Waals surface area contributed by atoms with Gasteiger partial charge in [-0.15, -0.1) is 15.3 Å². The van der Waals surface area contributed by atoms with Gasteiger partial charge < -0.3 is 9.80 Å². The SMILES string of the molecule is Cc1nnc2ccc(N3CC(N(C)CC4CCC(=O)N4C)C3)nn12. The van der Waals surface area contributed by atoms with E-state index in [0.717, 1.165) is 43.3 Å². The number of fused-ring (bicyclic) bond motifs is 1. The number of anilines is 1. The van der Waals surface area contributed by atoms with Gasteiger partial charge in [0, 0.05) is 45.2 Å². The number of likely N-dealkylation sites (N-methyl/N-ethyl adjacent to an activating group) is 2. The quantitative estimate of drug-likeness (QED) is 0.797.